The summed E-state index contributed by atoms with van der Waals surface area (Å²) in [6.07, 6.45) is 4.03. The van der Waals surface area contributed by atoms with Crippen molar-refractivity contribution in [2.45, 2.75) is 25.4 Å². The molecule has 0 spiro atoms. The zero-order valence-corrected chi connectivity index (χ0v) is 21.1. The Morgan fingerprint density at radius 2 is 1.89 bits per heavy atom. The summed E-state index contributed by atoms with van der Waals surface area (Å²) in [5, 5.41) is 11.1. The molecular weight excluding hydrogens is 486 g/mol. The number of phenols is 1. The lowest BCUT2D eigenvalue weighted by atomic mass is 9.88. The number of fused-ring (bicyclic) bond motifs is 2. The molecular formula is C31H30F2N2O3. The smallest absolute Gasteiger partial charge is 0.207 e. The molecule has 0 aliphatic carbocycles. The third-order valence-corrected chi connectivity index (χ3v) is 7.43. The molecule has 0 unspecified atom stereocenters. The summed E-state index contributed by atoms with van der Waals surface area (Å²) in [6.45, 7) is 2.47. The lowest BCUT2D eigenvalue weighted by Crippen LogP contribution is -2.26. The lowest BCUT2D eigenvalue weighted by Gasteiger charge is -2.18. The Kier molecular flexibility index (Phi) is 6.77. The van der Waals surface area contributed by atoms with Gasteiger partial charge in [-0.25, -0.2) is 0 Å². The zero-order chi connectivity index (χ0) is 26.1. The summed E-state index contributed by atoms with van der Waals surface area (Å²) in [7, 11) is 0. The zero-order valence-electron chi connectivity index (χ0n) is 21.1. The van der Waals surface area contributed by atoms with Gasteiger partial charge in [-0.05, 0) is 76.9 Å². The van der Waals surface area contributed by atoms with Crippen LogP contribution in [0.1, 0.15) is 36.0 Å². The maximum atomic E-state index is 15.0. The molecule has 2 aliphatic heterocycles. The molecule has 0 amide bonds. The van der Waals surface area contributed by atoms with E-state index < -0.39 is 11.6 Å². The fourth-order valence-electron chi connectivity index (χ4n) is 5.55. The van der Waals surface area contributed by atoms with E-state index >= 15 is 4.39 Å². The number of phenolic OH excluding ortho intramolecular Hbond substituents is 1. The number of halogens is 2. The molecule has 3 aromatic carbocycles. The Morgan fingerprint density at radius 1 is 1.05 bits per heavy atom. The van der Waals surface area contributed by atoms with Crippen molar-refractivity contribution in [3.8, 4) is 17.2 Å². The quantitative estimate of drug-likeness (QED) is 0.292. The molecule has 6 rings (SSSR count). The number of benzene rings is 3. The van der Waals surface area contributed by atoms with Crippen molar-refractivity contribution in [1.82, 2.24) is 9.88 Å². The van der Waals surface area contributed by atoms with Crippen molar-refractivity contribution in [3.63, 3.8) is 0 Å². The van der Waals surface area contributed by atoms with Gasteiger partial charge in [-0.1, -0.05) is 24.3 Å². The highest BCUT2D eigenvalue weighted by Crippen LogP contribution is 2.44. The summed E-state index contributed by atoms with van der Waals surface area (Å²) in [6, 6.07) is 19.3. The van der Waals surface area contributed by atoms with E-state index in [1.165, 1.54) is 6.07 Å². The number of likely N-dealkylation sites (tertiary alicyclic amines) is 1. The predicted octanol–water partition coefficient (Wildman–Crippen LogP) is 6.57. The Morgan fingerprint density at radius 3 is 2.74 bits per heavy atom. The third-order valence-electron chi connectivity index (χ3n) is 7.43. The molecule has 5 nitrogen and oxygen atoms in total. The molecule has 0 radical (unpaired) electrons. The first-order valence-electron chi connectivity index (χ1n) is 13.1. The minimum atomic E-state index is -0.750. The SMILES string of the molecule is Oc1ccc2c(c1F)OCCC(c1ccc3cc[nH]c3c1)=C2c1ccc(O[C@H]2CCN(CCCF)C2)cc1. The highest BCUT2D eigenvalue weighted by atomic mass is 19.1. The Hall–Kier alpha value is -3.84. The van der Waals surface area contributed by atoms with Crippen molar-refractivity contribution in [2.75, 3.05) is 32.9 Å². The topological polar surface area (TPSA) is 57.7 Å². The van der Waals surface area contributed by atoms with Crippen molar-refractivity contribution in [2.24, 2.45) is 0 Å². The summed E-state index contributed by atoms with van der Waals surface area (Å²) in [4.78, 5) is 5.51. The number of H-pyrrole nitrogens is 1. The monoisotopic (exact) mass is 516 g/mol. The van der Waals surface area contributed by atoms with Crippen LogP contribution < -0.4 is 9.47 Å². The maximum absolute atomic E-state index is 15.0. The number of hydrogen-bond donors (Lipinski definition) is 2. The Balaban J connectivity index is 1.37. The molecule has 1 atom stereocenters. The van der Waals surface area contributed by atoms with Crippen LogP contribution in [0.5, 0.6) is 17.2 Å². The Bertz CT molecular complexity index is 1480. The van der Waals surface area contributed by atoms with Crippen LogP contribution in [-0.4, -0.2) is 54.0 Å². The minimum absolute atomic E-state index is 0.0654. The average molecular weight is 517 g/mol. The molecule has 7 heteroatoms. The lowest BCUT2D eigenvalue weighted by molar-refractivity contribution is 0.198. The van der Waals surface area contributed by atoms with Gasteiger partial charge in [0, 0.05) is 43.3 Å². The molecule has 196 valence electrons. The van der Waals surface area contributed by atoms with E-state index in [1.807, 2.05) is 36.5 Å². The van der Waals surface area contributed by atoms with Gasteiger partial charge >= 0.3 is 0 Å². The van der Waals surface area contributed by atoms with Crippen LogP contribution in [0, 0.1) is 5.82 Å². The third kappa shape index (κ3) is 4.74. The fraction of sp³-hybridized carbons (Fsp3) is 0.290. The van der Waals surface area contributed by atoms with E-state index in [4.69, 9.17) is 9.47 Å². The molecule has 2 aliphatic rings. The van der Waals surface area contributed by atoms with E-state index in [2.05, 4.69) is 28.1 Å². The molecule has 1 aromatic heterocycles. The predicted molar refractivity (Wildman–Crippen MR) is 145 cm³/mol. The number of aromatic amines is 1. The summed E-state index contributed by atoms with van der Waals surface area (Å²) < 4.78 is 39.6. The molecule has 1 saturated heterocycles. The number of aromatic nitrogens is 1. The molecule has 1 fully saturated rings. The van der Waals surface area contributed by atoms with E-state index in [0.717, 1.165) is 65.0 Å². The van der Waals surface area contributed by atoms with Gasteiger partial charge in [0.25, 0.3) is 0 Å². The second kappa shape index (κ2) is 10.5. The van der Waals surface area contributed by atoms with Gasteiger partial charge in [0.05, 0.1) is 13.3 Å². The van der Waals surface area contributed by atoms with Crippen molar-refractivity contribution in [3.05, 3.63) is 89.4 Å². The Labute approximate surface area is 220 Å². The summed E-state index contributed by atoms with van der Waals surface area (Å²) >= 11 is 0. The largest absolute Gasteiger partial charge is 0.505 e. The second-order valence-electron chi connectivity index (χ2n) is 9.90. The van der Waals surface area contributed by atoms with E-state index in [9.17, 15) is 9.50 Å². The first-order chi connectivity index (χ1) is 18.6. The average Bonchev–Trinajstić information content (AvgIpc) is 3.55. The van der Waals surface area contributed by atoms with Crippen LogP contribution in [0.25, 0.3) is 22.0 Å². The standard InChI is InChI=1S/C31H30F2N2O3/c32-13-1-15-35-16-11-24(19-35)38-23-6-4-21(5-7-23)29-25(22-3-2-20-10-14-34-27(20)18-22)12-17-37-31-26(29)8-9-28(36)30(31)33/h2-10,14,18,24,34,36H,1,11-13,15-17,19H2/t24-/m0/s1. The number of rotatable bonds is 7. The first-order valence-corrected chi connectivity index (χ1v) is 13.1. The number of nitrogens with one attached hydrogen (secondary N) is 1. The number of alkyl halides is 1. The summed E-state index contributed by atoms with van der Waals surface area (Å²) in [5.74, 6) is -0.349. The molecule has 0 saturated carbocycles. The molecule has 0 bridgehead atoms. The van der Waals surface area contributed by atoms with Crippen molar-refractivity contribution < 1.29 is 23.4 Å². The fourth-order valence-corrected chi connectivity index (χ4v) is 5.55. The maximum Gasteiger partial charge on any atom is 0.207 e. The highest BCUT2D eigenvalue weighted by Gasteiger charge is 2.26. The normalized spacial score (nSPS) is 17.9. The van der Waals surface area contributed by atoms with Gasteiger partial charge in [0.1, 0.15) is 11.9 Å². The van der Waals surface area contributed by atoms with Crippen LogP contribution in [0.4, 0.5) is 8.78 Å². The van der Waals surface area contributed by atoms with Gasteiger partial charge in [0.15, 0.2) is 11.5 Å². The number of ether oxygens (including phenoxy) is 2. The van der Waals surface area contributed by atoms with Crippen molar-refractivity contribution >= 4 is 22.0 Å². The summed E-state index contributed by atoms with van der Waals surface area (Å²) in [5.41, 5.74) is 5.47. The molecule has 38 heavy (non-hydrogen) atoms. The van der Waals surface area contributed by atoms with Crippen LogP contribution in [0.3, 0.4) is 0 Å². The highest BCUT2D eigenvalue weighted by molar-refractivity contribution is 6.01. The molecule has 2 N–H and O–H groups in total. The van der Waals surface area contributed by atoms with Gasteiger partial charge in [-0.3, -0.25) is 9.29 Å². The van der Waals surface area contributed by atoms with Crippen LogP contribution >= 0.6 is 0 Å². The van der Waals surface area contributed by atoms with E-state index in [-0.39, 0.29) is 25.1 Å². The van der Waals surface area contributed by atoms with E-state index in [1.54, 1.807) is 6.07 Å². The van der Waals surface area contributed by atoms with E-state index in [0.29, 0.717) is 18.4 Å². The number of nitrogens with zero attached hydrogens (tertiary/aromatic N) is 1. The number of aromatic hydroxyl groups is 1. The first kappa shape index (κ1) is 24.5. The van der Waals surface area contributed by atoms with Gasteiger partial charge in [-0.15, -0.1) is 0 Å². The van der Waals surface area contributed by atoms with Crippen LogP contribution in [0.2, 0.25) is 0 Å². The molecule has 3 heterocycles. The minimum Gasteiger partial charge on any atom is -0.505 e. The van der Waals surface area contributed by atoms with Gasteiger partial charge in [0.2, 0.25) is 5.82 Å². The second-order valence-corrected chi connectivity index (χ2v) is 9.90. The van der Waals surface area contributed by atoms with Gasteiger partial charge < -0.3 is 19.6 Å². The molecule has 4 aromatic rings. The van der Waals surface area contributed by atoms with Crippen LogP contribution in [0.15, 0.2) is 66.9 Å². The van der Waals surface area contributed by atoms with Crippen LogP contribution in [-0.2, 0) is 0 Å². The number of hydrogen-bond acceptors (Lipinski definition) is 4. The van der Waals surface area contributed by atoms with Crippen molar-refractivity contribution in [1.29, 1.82) is 0 Å². The van der Waals surface area contributed by atoms with Gasteiger partial charge in [-0.2, -0.15) is 4.39 Å².